The molecule has 1 aromatic carbocycles. The van der Waals surface area contributed by atoms with Crippen LogP contribution >= 0.6 is 0 Å². The van der Waals surface area contributed by atoms with E-state index in [1.54, 1.807) is 0 Å². The lowest BCUT2D eigenvalue weighted by Gasteiger charge is -2.27. The number of amides is 1. The Morgan fingerprint density at radius 2 is 2.14 bits per heavy atom. The number of rotatable bonds is 4. The van der Waals surface area contributed by atoms with Gasteiger partial charge in [0.2, 0.25) is 0 Å². The molecular weight excluding hydrogens is 262 g/mol. The Morgan fingerprint density at radius 3 is 2.81 bits per heavy atom. The Hall–Kier alpha value is -1.86. The van der Waals surface area contributed by atoms with Crippen LogP contribution in [0.5, 0.6) is 0 Å². The maximum absolute atomic E-state index is 12.2. The zero-order valence-corrected chi connectivity index (χ0v) is 12.5. The van der Waals surface area contributed by atoms with Gasteiger partial charge in [-0.3, -0.25) is 4.79 Å². The number of nitrogens with one attached hydrogen (secondary N) is 2. The molecule has 1 aliphatic heterocycles. The van der Waals surface area contributed by atoms with E-state index in [1.165, 1.54) is 16.0 Å². The average molecular weight is 284 g/mol. The molecule has 2 aliphatic rings. The summed E-state index contributed by atoms with van der Waals surface area (Å²) in [6, 6.07) is 10.7. The van der Waals surface area contributed by atoms with E-state index >= 15 is 0 Å². The van der Waals surface area contributed by atoms with Crippen LogP contribution in [0.15, 0.2) is 24.3 Å². The smallest absolute Gasteiger partial charge is 0.276 e. The molecule has 1 aromatic rings. The molecule has 0 bridgehead atoms. The van der Waals surface area contributed by atoms with Crippen LogP contribution in [-0.2, 0) is 17.8 Å². The van der Waals surface area contributed by atoms with Crippen molar-refractivity contribution < 1.29 is 9.69 Å². The highest BCUT2D eigenvalue weighted by Crippen LogP contribution is 2.39. The summed E-state index contributed by atoms with van der Waals surface area (Å²) >= 11 is 0. The van der Waals surface area contributed by atoms with E-state index in [1.807, 2.05) is 6.92 Å². The maximum Gasteiger partial charge on any atom is 0.276 e. The number of carbonyl (C=O) groups is 1. The predicted molar refractivity (Wildman–Crippen MR) is 79.4 cm³/mol. The fourth-order valence-electron chi connectivity index (χ4n) is 3.24. The van der Waals surface area contributed by atoms with Crippen molar-refractivity contribution >= 4 is 5.91 Å². The van der Waals surface area contributed by atoms with Gasteiger partial charge in [0, 0.05) is 12.0 Å². The molecule has 1 fully saturated rings. The Morgan fingerprint density at radius 1 is 1.43 bits per heavy atom. The molecule has 110 valence electrons. The second-order valence-electron chi connectivity index (χ2n) is 6.51. The van der Waals surface area contributed by atoms with Crippen LogP contribution in [-0.4, -0.2) is 24.5 Å². The lowest BCUT2D eigenvalue weighted by molar-refractivity contribution is -0.908. The van der Waals surface area contributed by atoms with Crippen molar-refractivity contribution in [2.24, 2.45) is 5.92 Å². The zero-order valence-electron chi connectivity index (χ0n) is 12.5. The molecule has 0 spiro atoms. The molecule has 4 heteroatoms. The van der Waals surface area contributed by atoms with E-state index in [0.29, 0.717) is 12.5 Å². The molecule has 0 aromatic heterocycles. The summed E-state index contributed by atoms with van der Waals surface area (Å²) in [4.78, 5) is 13.5. The summed E-state index contributed by atoms with van der Waals surface area (Å²) in [6.45, 7) is 4.19. The molecule has 1 amide bonds. The molecule has 4 nitrogen and oxygen atoms in total. The first-order valence-corrected chi connectivity index (χ1v) is 7.73. The second kappa shape index (κ2) is 5.50. The summed E-state index contributed by atoms with van der Waals surface area (Å²) in [6.07, 6.45) is 3.12. The zero-order chi connectivity index (χ0) is 14.9. The van der Waals surface area contributed by atoms with Gasteiger partial charge in [-0.25, -0.2) is 0 Å². The van der Waals surface area contributed by atoms with Crippen molar-refractivity contribution in [2.45, 2.75) is 38.3 Å². The van der Waals surface area contributed by atoms with E-state index in [-0.39, 0.29) is 5.91 Å². The van der Waals surface area contributed by atoms with Crippen molar-refractivity contribution in [3.63, 3.8) is 0 Å². The highest BCUT2D eigenvalue weighted by atomic mass is 16.2. The first-order chi connectivity index (χ1) is 10.1. The Kier molecular flexibility index (Phi) is 3.69. The van der Waals surface area contributed by atoms with Crippen LogP contribution in [0.25, 0.3) is 0 Å². The number of hydrogen-bond acceptors (Lipinski definition) is 2. The third kappa shape index (κ3) is 3.08. The highest BCUT2D eigenvalue weighted by molar-refractivity contribution is 5.78. The Bertz CT molecular complexity index is 588. The number of nitriles is 1. The van der Waals surface area contributed by atoms with Gasteiger partial charge in [0.15, 0.2) is 6.54 Å². The number of fused-ring (bicyclic) bond motifs is 1. The Balaban J connectivity index is 1.58. The topological polar surface area (TPSA) is 57.3 Å². The largest absolute Gasteiger partial charge is 0.333 e. The monoisotopic (exact) mass is 284 g/mol. The van der Waals surface area contributed by atoms with Gasteiger partial charge >= 0.3 is 0 Å². The fourth-order valence-corrected chi connectivity index (χ4v) is 3.24. The van der Waals surface area contributed by atoms with E-state index in [0.717, 1.165) is 32.4 Å². The molecule has 0 radical (unpaired) electrons. The third-order valence-corrected chi connectivity index (χ3v) is 4.74. The molecule has 2 N–H and O–H groups in total. The lowest BCUT2D eigenvalue weighted by Crippen LogP contribution is -3.13. The SMILES string of the molecule is C[C@](C#N)(NC(=O)C[NH+]1CCc2ccccc2C1)C1CC1. The fraction of sp³-hybridized carbons (Fsp3) is 0.529. The summed E-state index contributed by atoms with van der Waals surface area (Å²) in [5, 5.41) is 12.3. The van der Waals surface area contributed by atoms with Gasteiger partial charge < -0.3 is 10.2 Å². The van der Waals surface area contributed by atoms with Gasteiger partial charge in [-0.15, -0.1) is 0 Å². The number of hydrogen-bond donors (Lipinski definition) is 2. The summed E-state index contributed by atoms with van der Waals surface area (Å²) in [7, 11) is 0. The van der Waals surface area contributed by atoms with E-state index in [2.05, 4.69) is 35.7 Å². The van der Waals surface area contributed by atoms with Gasteiger partial charge in [0.05, 0.1) is 12.6 Å². The second-order valence-corrected chi connectivity index (χ2v) is 6.51. The number of nitrogens with zero attached hydrogens (tertiary/aromatic N) is 1. The molecule has 0 saturated heterocycles. The van der Waals surface area contributed by atoms with E-state index in [4.69, 9.17) is 0 Å². The van der Waals surface area contributed by atoms with Gasteiger partial charge in [0.1, 0.15) is 12.1 Å². The molecule has 2 atom stereocenters. The van der Waals surface area contributed by atoms with Crippen molar-refractivity contribution in [1.29, 1.82) is 5.26 Å². The highest BCUT2D eigenvalue weighted by Gasteiger charge is 2.43. The van der Waals surface area contributed by atoms with Crippen LogP contribution in [0, 0.1) is 17.2 Å². The molecule has 3 rings (SSSR count). The van der Waals surface area contributed by atoms with Crippen LogP contribution in [0.4, 0.5) is 0 Å². The predicted octanol–water partition coefficient (Wildman–Crippen LogP) is 0.436. The first kappa shape index (κ1) is 14.1. The van der Waals surface area contributed by atoms with E-state index < -0.39 is 5.54 Å². The summed E-state index contributed by atoms with van der Waals surface area (Å²) in [5.74, 6) is 0.337. The molecular formula is C17H22N3O+. The standard InChI is InChI=1S/C17H21N3O/c1-17(12-18,15-6-7-15)19-16(21)11-20-9-8-13-4-2-3-5-14(13)10-20/h2-5,15H,6-11H2,1H3,(H,19,21)/p+1/t17-/m1/s1. The quantitative estimate of drug-likeness (QED) is 0.843. The average Bonchev–Trinajstić information content (AvgIpc) is 3.32. The first-order valence-electron chi connectivity index (χ1n) is 7.73. The van der Waals surface area contributed by atoms with Gasteiger partial charge in [-0.2, -0.15) is 5.26 Å². The number of carbonyl (C=O) groups excluding carboxylic acids is 1. The van der Waals surface area contributed by atoms with Crippen LogP contribution in [0.1, 0.15) is 30.9 Å². The molecule has 21 heavy (non-hydrogen) atoms. The maximum atomic E-state index is 12.2. The molecule has 1 saturated carbocycles. The Labute approximate surface area is 125 Å². The molecule has 1 unspecified atom stereocenters. The van der Waals surface area contributed by atoms with Gasteiger partial charge in [-0.05, 0) is 31.2 Å². The van der Waals surface area contributed by atoms with Gasteiger partial charge in [-0.1, -0.05) is 24.3 Å². The minimum Gasteiger partial charge on any atom is -0.333 e. The van der Waals surface area contributed by atoms with Crippen molar-refractivity contribution in [2.75, 3.05) is 13.1 Å². The number of quaternary nitrogens is 1. The molecule has 1 heterocycles. The molecule has 1 aliphatic carbocycles. The van der Waals surface area contributed by atoms with Crippen molar-refractivity contribution in [3.8, 4) is 6.07 Å². The minimum atomic E-state index is -0.676. The van der Waals surface area contributed by atoms with E-state index in [9.17, 15) is 10.1 Å². The number of benzene rings is 1. The minimum absolute atomic E-state index is 0.000307. The van der Waals surface area contributed by atoms with Crippen molar-refractivity contribution in [3.05, 3.63) is 35.4 Å². The summed E-state index contributed by atoms with van der Waals surface area (Å²) in [5.41, 5.74) is 2.07. The van der Waals surface area contributed by atoms with Crippen molar-refractivity contribution in [1.82, 2.24) is 5.32 Å². The third-order valence-electron chi connectivity index (χ3n) is 4.74. The summed E-state index contributed by atoms with van der Waals surface area (Å²) < 4.78 is 0. The van der Waals surface area contributed by atoms with Crippen LogP contribution < -0.4 is 10.2 Å². The van der Waals surface area contributed by atoms with Crippen LogP contribution in [0.2, 0.25) is 0 Å². The normalized spacial score (nSPS) is 23.5. The van der Waals surface area contributed by atoms with Crippen LogP contribution in [0.3, 0.4) is 0 Å². The lowest BCUT2D eigenvalue weighted by atomic mass is 9.97. The van der Waals surface area contributed by atoms with Gasteiger partial charge in [0.25, 0.3) is 5.91 Å².